The number of halogens is 3. The Morgan fingerprint density at radius 3 is 2.00 bits per heavy atom. The van der Waals surface area contributed by atoms with Crippen molar-refractivity contribution in [3.8, 4) is 22.3 Å². The lowest BCUT2D eigenvalue weighted by atomic mass is 9.73. The van der Waals surface area contributed by atoms with Gasteiger partial charge in [0.2, 0.25) is 0 Å². The van der Waals surface area contributed by atoms with Crippen LogP contribution in [0, 0.1) is 42.1 Å². The smallest absolute Gasteiger partial charge is 0.167 e. The first-order chi connectivity index (χ1) is 16.0. The predicted molar refractivity (Wildman–Crippen MR) is 130 cm³/mol. The minimum absolute atomic E-state index is 0.123. The molecule has 0 amide bonds. The monoisotopic (exact) mass is 452 g/mol. The average Bonchev–Trinajstić information content (AvgIpc) is 2.82. The van der Waals surface area contributed by atoms with Gasteiger partial charge < -0.3 is 0 Å². The molecule has 2 aromatic carbocycles. The second kappa shape index (κ2) is 9.31. The molecule has 0 N–H and O–H groups in total. The van der Waals surface area contributed by atoms with Gasteiger partial charge in [-0.3, -0.25) is 0 Å². The van der Waals surface area contributed by atoms with Crippen LogP contribution in [0.25, 0.3) is 22.3 Å². The molecule has 2 aromatic rings. The predicted octanol–water partition coefficient (Wildman–Crippen LogP) is 9.50. The summed E-state index contributed by atoms with van der Waals surface area (Å²) in [4.78, 5) is 0. The van der Waals surface area contributed by atoms with Gasteiger partial charge in [-0.15, -0.1) is 0 Å². The Balaban J connectivity index is 1.22. The molecule has 2 saturated carbocycles. The second-order valence-corrected chi connectivity index (χ2v) is 10.7. The van der Waals surface area contributed by atoms with E-state index in [1.54, 1.807) is 13.0 Å². The molecule has 0 atom stereocenters. The third-order valence-electron chi connectivity index (χ3n) is 8.56. The molecule has 3 aliphatic rings. The van der Waals surface area contributed by atoms with Crippen molar-refractivity contribution in [1.29, 1.82) is 0 Å². The molecule has 0 bridgehead atoms. The van der Waals surface area contributed by atoms with Crippen LogP contribution in [0.1, 0.15) is 88.2 Å². The summed E-state index contributed by atoms with van der Waals surface area (Å²) in [7, 11) is 0. The molecule has 0 spiro atoms. The summed E-state index contributed by atoms with van der Waals surface area (Å²) >= 11 is 0. The molecule has 3 heteroatoms. The number of fused-ring (bicyclic) bond motifs is 4. The molecule has 0 nitrogen and oxygen atoms in total. The molecule has 176 valence electrons. The maximum Gasteiger partial charge on any atom is 0.167 e. The van der Waals surface area contributed by atoms with E-state index in [1.807, 2.05) is 12.1 Å². The summed E-state index contributed by atoms with van der Waals surface area (Å²) in [6.07, 6.45) is 17.0. The van der Waals surface area contributed by atoms with Crippen molar-refractivity contribution in [2.75, 3.05) is 0 Å². The molecule has 0 heterocycles. The normalized spacial score (nSPS) is 26.7. The molecule has 0 aromatic heterocycles. The Morgan fingerprint density at radius 1 is 0.758 bits per heavy atom. The van der Waals surface area contributed by atoms with Gasteiger partial charge in [0.05, 0.1) is 0 Å². The molecule has 33 heavy (non-hydrogen) atoms. The van der Waals surface area contributed by atoms with E-state index >= 15 is 4.39 Å². The highest BCUT2D eigenvalue weighted by Gasteiger charge is 2.35. The third kappa shape index (κ3) is 4.17. The van der Waals surface area contributed by atoms with Crippen LogP contribution in [0.3, 0.4) is 0 Å². The lowest BCUT2D eigenvalue weighted by Gasteiger charge is -2.31. The lowest BCUT2D eigenvalue weighted by molar-refractivity contribution is 0.292. The van der Waals surface area contributed by atoms with Crippen LogP contribution >= 0.6 is 0 Å². The van der Waals surface area contributed by atoms with Crippen LogP contribution in [0.15, 0.2) is 30.4 Å². The molecule has 0 radical (unpaired) electrons. The fourth-order valence-electron chi connectivity index (χ4n) is 6.54. The Bertz CT molecular complexity index is 1050. The Labute approximate surface area is 196 Å². The highest BCUT2D eigenvalue weighted by atomic mass is 19.2. The van der Waals surface area contributed by atoms with Crippen molar-refractivity contribution in [1.82, 2.24) is 0 Å². The van der Waals surface area contributed by atoms with Crippen LogP contribution in [0.2, 0.25) is 0 Å². The Hall–Kier alpha value is -2.03. The van der Waals surface area contributed by atoms with Crippen LogP contribution < -0.4 is 0 Å². The maximum absolute atomic E-state index is 15.5. The molecule has 0 unspecified atom stereocenters. The molecule has 0 aliphatic heterocycles. The van der Waals surface area contributed by atoms with E-state index < -0.39 is 11.6 Å². The molecular formula is C30H35F3. The van der Waals surface area contributed by atoms with Crippen molar-refractivity contribution in [3.63, 3.8) is 0 Å². The topological polar surface area (TPSA) is 0 Å². The first-order valence-electron chi connectivity index (χ1n) is 13.0. The first kappa shape index (κ1) is 22.7. The van der Waals surface area contributed by atoms with Crippen molar-refractivity contribution < 1.29 is 13.2 Å². The molecule has 2 fully saturated rings. The van der Waals surface area contributed by atoms with Gasteiger partial charge in [0.1, 0.15) is 5.82 Å². The van der Waals surface area contributed by atoms with E-state index in [0.29, 0.717) is 22.6 Å². The summed E-state index contributed by atoms with van der Waals surface area (Å²) in [6, 6.07) is 5.40. The van der Waals surface area contributed by atoms with Gasteiger partial charge >= 0.3 is 0 Å². The Morgan fingerprint density at radius 2 is 1.36 bits per heavy atom. The highest BCUT2D eigenvalue weighted by Crippen LogP contribution is 2.53. The standard InChI is InChI=1S/C30H35F3/c1-3-4-19-5-7-20(8-6-19)9-10-21-11-13-22(14-12-21)23-15-16-24-25-17-18(2)28(31)30(33)27(25)26(24)29(23)32/h9-10,15-17,19-22H,3-8,11-14H2,1-2H3/b10-9+. The largest absolute Gasteiger partial charge is 0.206 e. The van der Waals surface area contributed by atoms with E-state index in [9.17, 15) is 8.78 Å². The summed E-state index contributed by atoms with van der Waals surface area (Å²) in [5.41, 5.74) is 2.68. The fourth-order valence-corrected chi connectivity index (χ4v) is 6.54. The van der Waals surface area contributed by atoms with Gasteiger partial charge in [0.25, 0.3) is 0 Å². The Kier molecular flexibility index (Phi) is 6.42. The van der Waals surface area contributed by atoms with Crippen molar-refractivity contribution in [2.45, 2.75) is 84.0 Å². The zero-order chi connectivity index (χ0) is 23.1. The molecule has 3 aliphatic carbocycles. The molecule has 5 rings (SSSR count). The lowest BCUT2D eigenvalue weighted by Crippen LogP contribution is -2.16. The zero-order valence-electron chi connectivity index (χ0n) is 19.9. The highest BCUT2D eigenvalue weighted by molar-refractivity contribution is 6.03. The van der Waals surface area contributed by atoms with E-state index in [0.717, 1.165) is 37.5 Å². The van der Waals surface area contributed by atoms with E-state index in [1.165, 1.54) is 38.5 Å². The van der Waals surface area contributed by atoms with Gasteiger partial charge in [0.15, 0.2) is 11.6 Å². The van der Waals surface area contributed by atoms with Gasteiger partial charge in [-0.1, -0.05) is 44.1 Å². The zero-order valence-corrected chi connectivity index (χ0v) is 19.9. The van der Waals surface area contributed by atoms with Gasteiger partial charge in [-0.2, -0.15) is 0 Å². The molecule has 0 saturated heterocycles. The van der Waals surface area contributed by atoms with E-state index in [-0.39, 0.29) is 28.4 Å². The number of benzene rings is 2. The quantitative estimate of drug-likeness (QED) is 0.338. The first-order valence-corrected chi connectivity index (χ1v) is 13.0. The number of rotatable bonds is 5. The maximum atomic E-state index is 15.5. The fraction of sp³-hybridized carbons (Fsp3) is 0.533. The number of hydrogen-bond donors (Lipinski definition) is 0. The van der Waals surface area contributed by atoms with Crippen molar-refractivity contribution >= 4 is 0 Å². The van der Waals surface area contributed by atoms with E-state index in [2.05, 4.69) is 19.1 Å². The summed E-state index contributed by atoms with van der Waals surface area (Å²) in [5, 5.41) is 0. The van der Waals surface area contributed by atoms with Crippen LogP contribution in [-0.4, -0.2) is 0 Å². The summed E-state index contributed by atoms with van der Waals surface area (Å²) in [6.45, 7) is 3.83. The van der Waals surface area contributed by atoms with Crippen molar-refractivity contribution in [2.24, 2.45) is 17.8 Å². The van der Waals surface area contributed by atoms with Crippen molar-refractivity contribution in [3.05, 3.63) is 58.9 Å². The van der Waals surface area contributed by atoms with Gasteiger partial charge in [-0.05, 0) is 110 Å². The minimum atomic E-state index is -0.911. The van der Waals surface area contributed by atoms with Crippen LogP contribution in [-0.2, 0) is 0 Å². The number of aryl methyl sites for hydroxylation is 1. The minimum Gasteiger partial charge on any atom is -0.206 e. The van der Waals surface area contributed by atoms with Gasteiger partial charge in [0, 0.05) is 11.1 Å². The third-order valence-corrected chi connectivity index (χ3v) is 8.56. The summed E-state index contributed by atoms with van der Waals surface area (Å²) < 4.78 is 44.1. The number of allylic oxidation sites excluding steroid dienone is 2. The molecular weight excluding hydrogens is 417 g/mol. The SMILES string of the molecule is CCCC1CCC(/C=C/C2CCC(c3ccc4c(c3F)-c3c-4cc(C)c(F)c3F)CC2)CC1. The van der Waals surface area contributed by atoms with E-state index in [4.69, 9.17) is 0 Å². The van der Waals surface area contributed by atoms with Gasteiger partial charge in [-0.25, -0.2) is 13.2 Å². The average molecular weight is 453 g/mol. The van der Waals surface area contributed by atoms with Crippen LogP contribution in [0.5, 0.6) is 0 Å². The summed E-state index contributed by atoms with van der Waals surface area (Å²) in [5.74, 6) is 0.298. The van der Waals surface area contributed by atoms with Crippen LogP contribution in [0.4, 0.5) is 13.2 Å². The second-order valence-electron chi connectivity index (χ2n) is 10.7. The number of hydrogen-bond acceptors (Lipinski definition) is 0.